The van der Waals surface area contributed by atoms with Gasteiger partial charge in [0.2, 0.25) is 0 Å². The maximum atomic E-state index is 13.5. The zero-order valence-electron chi connectivity index (χ0n) is 11.6. The van der Waals surface area contributed by atoms with Crippen molar-refractivity contribution >= 4 is 5.57 Å². The van der Waals surface area contributed by atoms with E-state index in [2.05, 4.69) is 0 Å². The van der Waals surface area contributed by atoms with Gasteiger partial charge < -0.3 is 4.74 Å². The van der Waals surface area contributed by atoms with Crippen LogP contribution in [0, 0.1) is 11.6 Å². The van der Waals surface area contributed by atoms with Gasteiger partial charge in [0, 0.05) is 12.7 Å². The molecule has 0 amide bonds. The molecule has 1 fully saturated rings. The summed E-state index contributed by atoms with van der Waals surface area (Å²) < 4.78 is 32.7. The first-order valence-corrected chi connectivity index (χ1v) is 7.08. The number of hydrogen-bond donors (Lipinski definition) is 0. The molecule has 1 heterocycles. The Labute approximate surface area is 122 Å². The highest BCUT2D eigenvalue weighted by atomic mass is 19.1. The van der Waals surface area contributed by atoms with Crippen molar-refractivity contribution in [3.8, 4) is 0 Å². The lowest BCUT2D eigenvalue weighted by atomic mass is 9.95. The van der Waals surface area contributed by atoms with Gasteiger partial charge in [0.05, 0.1) is 6.10 Å². The molecule has 1 aliphatic rings. The van der Waals surface area contributed by atoms with Crippen molar-refractivity contribution in [1.29, 1.82) is 0 Å². The first-order valence-electron chi connectivity index (χ1n) is 7.08. The van der Waals surface area contributed by atoms with Crippen molar-refractivity contribution in [3.05, 3.63) is 77.4 Å². The Kier molecular flexibility index (Phi) is 4.11. The number of rotatable bonds is 3. The molecule has 108 valence electrons. The van der Waals surface area contributed by atoms with Crippen LogP contribution in [0.2, 0.25) is 0 Å². The maximum Gasteiger partial charge on any atom is 0.126 e. The lowest BCUT2D eigenvalue weighted by molar-refractivity contribution is 0.146. The second kappa shape index (κ2) is 6.19. The topological polar surface area (TPSA) is 9.23 Å². The van der Waals surface area contributed by atoms with Crippen molar-refractivity contribution in [2.24, 2.45) is 0 Å². The molecule has 0 aromatic heterocycles. The lowest BCUT2D eigenvalue weighted by Crippen LogP contribution is -2.02. The van der Waals surface area contributed by atoms with Gasteiger partial charge in [-0.3, -0.25) is 0 Å². The monoisotopic (exact) mass is 286 g/mol. The van der Waals surface area contributed by atoms with E-state index in [9.17, 15) is 8.78 Å². The van der Waals surface area contributed by atoms with Gasteiger partial charge in [0.25, 0.3) is 0 Å². The molecule has 0 radical (unpaired) electrons. The molecule has 1 unspecified atom stereocenters. The molecule has 3 heteroatoms. The third-order valence-electron chi connectivity index (χ3n) is 3.58. The van der Waals surface area contributed by atoms with Gasteiger partial charge in [-0.15, -0.1) is 0 Å². The van der Waals surface area contributed by atoms with E-state index in [-0.39, 0.29) is 6.10 Å². The van der Waals surface area contributed by atoms with Gasteiger partial charge in [0.1, 0.15) is 11.6 Å². The summed E-state index contributed by atoms with van der Waals surface area (Å²) in [4.78, 5) is 0. The van der Waals surface area contributed by atoms with Crippen LogP contribution in [0.15, 0.2) is 54.6 Å². The van der Waals surface area contributed by atoms with Crippen molar-refractivity contribution < 1.29 is 13.5 Å². The highest BCUT2D eigenvalue weighted by Gasteiger charge is 2.16. The molecule has 2 aromatic rings. The van der Waals surface area contributed by atoms with Gasteiger partial charge in [-0.2, -0.15) is 0 Å². The van der Waals surface area contributed by atoms with Crippen LogP contribution >= 0.6 is 0 Å². The minimum atomic E-state index is -0.570. The summed E-state index contributed by atoms with van der Waals surface area (Å²) >= 11 is 0. The largest absolute Gasteiger partial charge is 0.374 e. The van der Waals surface area contributed by atoms with E-state index in [1.807, 2.05) is 36.4 Å². The summed E-state index contributed by atoms with van der Waals surface area (Å²) in [6.07, 6.45) is 3.93. The Hall–Kier alpha value is -2.00. The summed E-state index contributed by atoms with van der Waals surface area (Å²) in [5.41, 5.74) is 2.27. The van der Waals surface area contributed by atoms with Gasteiger partial charge in [-0.25, -0.2) is 8.78 Å². The Balaban J connectivity index is 2.07. The van der Waals surface area contributed by atoms with Gasteiger partial charge in [0.15, 0.2) is 0 Å². The first kappa shape index (κ1) is 14.0. The molecule has 21 heavy (non-hydrogen) atoms. The van der Waals surface area contributed by atoms with Crippen molar-refractivity contribution in [2.75, 3.05) is 6.61 Å². The quantitative estimate of drug-likeness (QED) is 0.802. The molecule has 0 N–H and O–H groups in total. The molecule has 1 saturated heterocycles. The average molecular weight is 286 g/mol. The fraction of sp³-hybridized carbons (Fsp3) is 0.222. The Morgan fingerprint density at radius 1 is 1.00 bits per heavy atom. The van der Waals surface area contributed by atoms with E-state index in [0.29, 0.717) is 5.56 Å². The predicted molar refractivity (Wildman–Crippen MR) is 78.9 cm³/mol. The molecule has 1 atom stereocenters. The minimum Gasteiger partial charge on any atom is -0.374 e. The third kappa shape index (κ3) is 3.37. The summed E-state index contributed by atoms with van der Waals surface area (Å²) in [6.45, 7) is 0.737. The zero-order valence-corrected chi connectivity index (χ0v) is 11.6. The molecule has 3 rings (SSSR count). The van der Waals surface area contributed by atoms with Gasteiger partial charge in [-0.05, 0) is 47.8 Å². The highest BCUT2D eigenvalue weighted by Crippen LogP contribution is 2.27. The van der Waals surface area contributed by atoms with Crippen LogP contribution < -0.4 is 0 Å². The Morgan fingerprint density at radius 2 is 1.71 bits per heavy atom. The van der Waals surface area contributed by atoms with E-state index in [0.717, 1.165) is 36.7 Å². The van der Waals surface area contributed by atoms with Crippen LogP contribution in [-0.4, -0.2) is 12.7 Å². The summed E-state index contributed by atoms with van der Waals surface area (Å²) in [5.74, 6) is -1.14. The molecule has 0 spiro atoms. The van der Waals surface area contributed by atoms with Crippen LogP contribution in [0.25, 0.3) is 5.57 Å². The number of hydrogen-bond acceptors (Lipinski definition) is 1. The third-order valence-corrected chi connectivity index (χ3v) is 3.58. The van der Waals surface area contributed by atoms with Crippen molar-refractivity contribution in [2.45, 2.75) is 18.9 Å². The molecule has 0 saturated carbocycles. The normalized spacial score (nSPS) is 19.0. The average Bonchev–Trinajstić information content (AvgIpc) is 2.97. The van der Waals surface area contributed by atoms with Gasteiger partial charge in [-0.1, -0.05) is 30.3 Å². The lowest BCUT2D eigenvalue weighted by Gasteiger charge is -2.12. The molecule has 0 bridgehead atoms. The van der Waals surface area contributed by atoms with Gasteiger partial charge >= 0.3 is 0 Å². The van der Waals surface area contributed by atoms with E-state index >= 15 is 0 Å². The minimum absolute atomic E-state index is 0.00605. The second-order valence-electron chi connectivity index (χ2n) is 5.16. The highest BCUT2D eigenvalue weighted by molar-refractivity contribution is 5.80. The van der Waals surface area contributed by atoms with E-state index in [1.165, 1.54) is 12.1 Å². The summed E-state index contributed by atoms with van der Waals surface area (Å²) in [7, 11) is 0. The Bertz CT molecular complexity index is 623. The zero-order chi connectivity index (χ0) is 14.7. The molecular formula is C18H16F2O. The Morgan fingerprint density at radius 3 is 2.33 bits per heavy atom. The summed E-state index contributed by atoms with van der Waals surface area (Å²) in [6, 6.07) is 13.2. The maximum absolute atomic E-state index is 13.5. The van der Waals surface area contributed by atoms with E-state index < -0.39 is 11.6 Å². The fourth-order valence-electron chi connectivity index (χ4n) is 2.61. The van der Waals surface area contributed by atoms with Crippen LogP contribution in [0.4, 0.5) is 8.78 Å². The SMILES string of the molecule is Fc1cc(F)cc(/C(=C/C2CCCO2)c2ccccc2)c1. The molecule has 1 nitrogen and oxygen atoms in total. The second-order valence-corrected chi connectivity index (χ2v) is 5.16. The van der Waals surface area contributed by atoms with Crippen LogP contribution in [0.1, 0.15) is 24.0 Å². The summed E-state index contributed by atoms with van der Waals surface area (Å²) in [5, 5.41) is 0. The van der Waals surface area contributed by atoms with E-state index in [4.69, 9.17) is 4.74 Å². The first-order chi connectivity index (χ1) is 10.2. The smallest absolute Gasteiger partial charge is 0.126 e. The predicted octanol–water partition coefficient (Wildman–Crippen LogP) is 4.58. The molecule has 1 aliphatic heterocycles. The fourth-order valence-corrected chi connectivity index (χ4v) is 2.61. The number of halogens is 2. The van der Waals surface area contributed by atoms with Crippen LogP contribution in [0.3, 0.4) is 0 Å². The van der Waals surface area contributed by atoms with E-state index in [1.54, 1.807) is 0 Å². The number of ether oxygens (including phenoxy) is 1. The molecular weight excluding hydrogens is 270 g/mol. The van der Waals surface area contributed by atoms with Crippen molar-refractivity contribution in [1.82, 2.24) is 0 Å². The van der Waals surface area contributed by atoms with Crippen LogP contribution in [0.5, 0.6) is 0 Å². The number of benzene rings is 2. The standard InChI is InChI=1S/C18H16F2O/c19-15-9-14(10-16(20)11-15)18(12-17-7-4-8-21-17)13-5-2-1-3-6-13/h1-3,5-6,9-12,17H,4,7-8H2/b18-12+. The molecule has 0 aliphatic carbocycles. The molecule has 2 aromatic carbocycles. The van der Waals surface area contributed by atoms with Crippen LogP contribution in [-0.2, 0) is 4.74 Å². The van der Waals surface area contributed by atoms with Crippen molar-refractivity contribution in [3.63, 3.8) is 0 Å².